The van der Waals surface area contributed by atoms with E-state index >= 15 is 0 Å². The highest BCUT2D eigenvalue weighted by Crippen LogP contribution is 2.17. The maximum absolute atomic E-state index is 12.3. The van der Waals surface area contributed by atoms with Crippen molar-refractivity contribution in [3.8, 4) is 0 Å². The van der Waals surface area contributed by atoms with Crippen LogP contribution in [-0.2, 0) is 10.0 Å². The van der Waals surface area contributed by atoms with Crippen LogP contribution in [0.2, 0.25) is 0 Å². The van der Waals surface area contributed by atoms with E-state index in [1.165, 1.54) is 0 Å². The largest absolute Gasteiger partial charge is 0.316 e. The summed E-state index contributed by atoms with van der Waals surface area (Å²) in [6.45, 7) is 6.19. The van der Waals surface area contributed by atoms with Gasteiger partial charge in [-0.25, -0.2) is 13.1 Å². The van der Waals surface area contributed by atoms with E-state index in [1.54, 1.807) is 6.07 Å². The smallest absolute Gasteiger partial charge is 0.240 e. The van der Waals surface area contributed by atoms with E-state index < -0.39 is 10.0 Å². The SMILES string of the molecule is Cc1ccc(C)c(S(=O)(=O)NCC2CCCNC2)c1. The summed E-state index contributed by atoms with van der Waals surface area (Å²) in [6, 6.07) is 5.52. The van der Waals surface area contributed by atoms with Crippen LogP contribution in [0, 0.1) is 19.8 Å². The molecule has 0 aromatic heterocycles. The third-order valence-electron chi connectivity index (χ3n) is 3.59. The topological polar surface area (TPSA) is 58.2 Å². The molecule has 1 atom stereocenters. The van der Waals surface area contributed by atoms with E-state index in [0.29, 0.717) is 17.4 Å². The number of aryl methyl sites for hydroxylation is 2. The monoisotopic (exact) mass is 282 g/mol. The van der Waals surface area contributed by atoms with Crippen molar-refractivity contribution in [1.82, 2.24) is 10.0 Å². The van der Waals surface area contributed by atoms with E-state index in [4.69, 9.17) is 0 Å². The lowest BCUT2D eigenvalue weighted by Crippen LogP contribution is -2.38. The van der Waals surface area contributed by atoms with Gasteiger partial charge in [0.25, 0.3) is 0 Å². The summed E-state index contributed by atoms with van der Waals surface area (Å²) in [4.78, 5) is 0.399. The normalized spacial score (nSPS) is 20.4. The summed E-state index contributed by atoms with van der Waals surface area (Å²) in [5.41, 5.74) is 1.75. The van der Waals surface area contributed by atoms with Gasteiger partial charge >= 0.3 is 0 Å². The summed E-state index contributed by atoms with van der Waals surface area (Å²) in [6.07, 6.45) is 2.21. The molecule has 0 amide bonds. The molecule has 106 valence electrons. The predicted octanol–water partition coefficient (Wildman–Crippen LogP) is 1.58. The van der Waals surface area contributed by atoms with E-state index in [9.17, 15) is 8.42 Å². The lowest BCUT2D eigenvalue weighted by Gasteiger charge is -2.23. The van der Waals surface area contributed by atoms with E-state index in [-0.39, 0.29) is 0 Å². The molecule has 5 heteroatoms. The minimum atomic E-state index is -3.39. The minimum absolute atomic E-state index is 0.397. The molecule has 0 radical (unpaired) electrons. The molecule has 1 aliphatic rings. The first-order chi connectivity index (χ1) is 8.99. The fourth-order valence-corrected chi connectivity index (χ4v) is 3.84. The van der Waals surface area contributed by atoms with Crippen LogP contribution >= 0.6 is 0 Å². The standard InChI is InChI=1S/C14H22N2O2S/c1-11-5-6-12(2)14(8-11)19(17,18)16-10-13-4-3-7-15-9-13/h5-6,8,13,15-16H,3-4,7,9-10H2,1-2H3. The Labute approximate surface area is 115 Å². The molecule has 2 N–H and O–H groups in total. The first kappa shape index (κ1) is 14.5. The molecule has 1 fully saturated rings. The van der Waals surface area contributed by atoms with Crippen molar-refractivity contribution in [1.29, 1.82) is 0 Å². The first-order valence-electron chi connectivity index (χ1n) is 6.77. The van der Waals surface area contributed by atoms with Crippen molar-refractivity contribution in [3.63, 3.8) is 0 Å². The van der Waals surface area contributed by atoms with Gasteiger partial charge in [0.2, 0.25) is 10.0 Å². The zero-order valence-corrected chi connectivity index (χ0v) is 12.4. The average molecular weight is 282 g/mol. The van der Waals surface area contributed by atoms with Crippen molar-refractivity contribution in [3.05, 3.63) is 29.3 Å². The second-order valence-corrected chi connectivity index (χ2v) is 7.07. The third kappa shape index (κ3) is 3.78. The van der Waals surface area contributed by atoms with Gasteiger partial charge in [-0.3, -0.25) is 0 Å². The van der Waals surface area contributed by atoms with Crippen LogP contribution in [0.3, 0.4) is 0 Å². The van der Waals surface area contributed by atoms with Crippen LogP contribution in [0.25, 0.3) is 0 Å². The van der Waals surface area contributed by atoms with Crippen LogP contribution in [0.5, 0.6) is 0 Å². The first-order valence-corrected chi connectivity index (χ1v) is 8.25. The summed E-state index contributed by atoms with van der Waals surface area (Å²) in [5, 5.41) is 3.30. The van der Waals surface area contributed by atoms with Gasteiger partial charge in [0, 0.05) is 6.54 Å². The van der Waals surface area contributed by atoms with Gasteiger partial charge in [-0.2, -0.15) is 0 Å². The highest BCUT2D eigenvalue weighted by molar-refractivity contribution is 7.89. The zero-order chi connectivity index (χ0) is 13.9. The van der Waals surface area contributed by atoms with Gasteiger partial charge in [0.1, 0.15) is 0 Å². The minimum Gasteiger partial charge on any atom is -0.316 e. The van der Waals surface area contributed by atoms with Gasteiger partial charge in [-0.1, -0.05) is 12.1 Å². The number of hydrogen-bond donors (Lipinski definition) is 2. The Balaban J connectivity index is 2.07. The molecule has 2 rings (SSSR count). The number of nitrogens with one attached hydrogen (secondary N) is 2. The van der Waals surface area contributed by atoms with Gasteiger partial charge in [0.15, 0.2) is 0 Å². The molecule has 1 heterocycles. The quantitative estimate of drug-likeness (QED) is 0.881. The summed E-state index contributed by atoms with van der Waals surface area (Å²) in [7, 11) is -3.39. The Morgan fingerprint density at radius 1 is 1.37 bits per heavy atom. The van der Waals surface area contributed by atoms with Gasteiger partial charge < -0.3 is 5.32 Å². The molecular formula is C14H22N2O2S. The molecule has 0 bridgehead atoms. The van der Waals surface area contributed by atoms with Gasteiger partial charge in [-0.15, -0.1) is 0 Å². The number of benzene rings is 1. The predicted molar refractivity (Wildman–Crippen MR) is 76.7 cm³/mol. The molecule has 0 spiro atoms. The number of sulfonamides is 1. The molecule has 0 aliphatic carbocycles. The Morgan fingerprint density at radius 3 is 2.84 bits per heavy atom. The molecule has 1 aromatic carbocycles. The van der Waals surface area contributed by atoms with Crippen molar-refractivity contribution in [2.24, 2.45) is 5.92 Å². The van der Waals surface area contributed by atoms with Gasteiger partial charge in [-0.05, 0) is 62.9 Å². The molecule has 1 aliphatic heterocycles. The lowest BCUT2D eigenvalue weighted by molar-refractivity contribution is 0.376. The number of hydrogen-bond acceptors (Lipinski definition) is 3. The zero-order valence-electron chi connectivity index (χ0n) is 11.6. The van der Waals surface area contributed by atoms with E-state index in [1.807, 2.05) is 26.0 Å². The van der Waals surface area contributed by atoms with Crippen LogP contribution in [0.1, 0.15) is 24.0 Å². The molecule has 1 saturated heterocycles. The molecule has 0 saturated carbocycles. The fourth-order valence-electron chi connectivity index (χ4n) is 2.40. The molecular weight excluding hydrogens is 260 g/mol. The van der Waals surface area contributed by atoms with E-state index in [0.717, 1.165) is 37.1 Å². The summed E-state index contributed by atoms with van der Waals surface area (Å²) < 4.78 is 27.4. The number of piperidine rings is 1. The van der Waals surface area contributed by atoms with Crippen LogP contribution in [-0.4, -0.2) is 28.1 Å². The van der Waals surface area contributed by atoms with Crippen molar-refractivity contribution < 1.29 is 8.42 Å². The summed E-state index contributed by atoms with van der Waals surface area (Å²) in [5.74, 6) is 0.397. The highest BCUT2D eigenvalue weighted by Gasteiger charge is 2.20. The third-order valence-corrected chi connectivity index (χ3v) is 5.16. The summed E-state index contributed by atoms with van der Waals surface area (Å²) >= 11 is 0. The second kappa shape index (κ2) is 6.03. The van der Waals surface area contributed by atoms with Crippen LogP contribution in [0.4, 0.5) is 0 Å². The van der Waals surface area contributed by atoms with Crippen molar-refractivity contribution >= 4 is 10.0 Å². The molecule has 1 aromatic rings. The van der Waals surface area contributed by atoms with Crippen LogP contribution < -0.4 is 10.0 Å². The Hall–Kier alpha value is -0.910. The van der Waals surface area contributed by atoms with E-state index in [2.05, 4.69) is 10.0 Å². The van der Waals surface area contributed by atoms with Crippen molar-refractivity contribution in [2.75, 3.05) is 19.6 Å². The fraction of sp³-hybridized carbons (Fsp3) is 0.571. The molecule has 1 unspecified atom stereocenters. The Morgan fingerprint density at radius 2 is 2.16 bits per heavy atom. The van der Waals surface area contributed by atoms with Crippen LogP contribution in [0.15, 0.2) is 23.1 Å². The second-order valence-electron chi connectivity index (χ2n) is 5.33. The lowest BCUT2D eigenvalue weighted by atomic mass is 10.0. The Bertz CT molecular complexity index is 534. The average Bonchev–Trinajstić information content (AvgIpc) is 2.40. The maximum atomic E-state index is 12.3. The molecule has 19 heavy (non-hydrogen) atoms. The number of rotatable bonds is 4. The Kier molecular flexibility index (Phi) is 4.60. The van der Waals surface area contributed by atoms with Gasteiger partial charge in [0.05, 0.1) is 4.90 Å². The molecule has 4 nitrogen and oxygen atoms in total. The highest BCUT2D eigenvalue weighted by atomic mass is 32.2. The maximum Gasteiger partial charge on any atom is 0.240 e. The van der Waals surface area contributed by atoms with Crippen molar-refractivity contribution in [2.45, 2.75) is 31.6 Å².